The lowest BCUT2D eigenvalue weighted by Crippen LogP contribution is -2.56. The molecule has 21 heteroatoms. The van der Waals surface area contributed by atoms with Crippen LogP contribution in [0.25, 0.3) is 0 Å². The predicted molar refractivity (Wildman–Crippen MR) is 252 cm³/mol. The maximum absolute atomic E-state index is 13.8. The Bertz CT molecular complexity index is 1620. The molecular formula is C47H82O19P2. The van der Waals surface area contributed by atoms with Gasteiger partial charge in [-0.05, 0) is 64.2 Å². The van der Waals surface area contributed by atoms with Gasteiger partial charge in [0, 0.05) is 31.1 Å². The van der Waals surface area contributed by atoms with Gasteiger partial charge in [-0.1, -0.05) is 114 Å². The molecule has 0 amide bonds. The second-order valence-corrected chi connectivity index (χ2v) is 20.4. The number of aliphatic hydroxyl groups is 7. The zero-order valence-corrected chi connectivity index (χ0v) is 41.6. The van der Waals surface area contributed by atoms with Gasteiger partial charge in [0.05, 0.1) is 37.1 Å². The third-order valence-electron chi connectivity index (χ3n) is 12.0. The Morgan fingerprint density at radius 1 is 0.794 bits per heavy atom. The molecule has 1 saturated carbocycles. The molecule has 13 atom stereocenters. The number of allylic oxidation sites excluding steroid dienone is 6. The topological polar surface area (TPSA) is 317 Å². The molecule has 2 fully saturated rings. The molecule has 10 N–H and O–H groups in total. The largest absolute Gasteiger partial charge is 0.472 e. The third kappa shape index (κ3) is 25.8. The number of hydrogen-bond acceptors (Lipinski definition) is 16. The molecule has 1 saturated heterocycles. The molecule has 394 valence electrons. The van der Waals surface area contributed by atoms with Gasteiger partial charge in [0.15, 0.2) is 6.10 Å². The zero-order valence-electron chi connectivity index (χ0n) is 39.9. The molecule has 1 aliphatic heterocycles. The molecular weight excluding hydrogens is 930 g/mol. The number of esters is 2. The van der Waals surface area contributed by atoms with Crippen molar-refractivity contribution in [3.63, 3.8) is 0 Å². The average molecular weight is 1010 g/mol. The molecule has 19 nitrogen and oxygen atoms in total. The van der Waals surface area contributed by atoms with Crippen LogP contribution in [0.4, 0.5) is 0 Å². The van der Waals surface area contributed by atoms with Gasteiger partial charge < -0.3 is 59.9 Å². The summed E-state index contributed by atoms with van der Waals surface area (Å²) < 4.78 is 52.3. The van der Waals surface area contributed by atoms with Crippen LogP contribution >= 0.6 is 15.6 Å². The highest BCUT2D eigenvalue weighted by molar-refractivity contribution is 7.47. The number of aliphatic hydroxyl groups excluding tert-OH is 7. The summed E-state index contributed by atoms with van der Waals surface area (Å²) in [4.78, 5) is 56.8. The van der Waals surface area contributed by atoms with E-state index in [-0.39, 0.29) is 32.1 Å². The Labute approximate surface area is 402 Å². The van der Waals surface area contributed by atoms with E-state index in [2.05, 4.69) is 31.2 Å². The first-order valence-corrected chi connectivity index (χ1v) is 27.5. The Balaban J connectivity index is 2.38. The molecule has 2 aliphatic rings. The molecule has 0 aromatic heterocycles. The molecule has 0 aromatic rings. The van der Waals surface area contributed by atoms with E-state index in [0.29, 0.717) is 44.9 Å². The van der Waals surface area contributed by atoms with Crippen LogP contribution in [-0.2, 0) is 41.8 Å². The summed E-state index contributed by atoms with van der Waals surface area (Å²) in [6.45, 7) is 2.53. The fourth-order valence-corrected chi connectivity index (χ4v) is 9.59. The van der Waals surface area contributed by atoms with Crippen LogP contribution in [0, 0.1) is 11.8 Å². The number of carbonyl (C=O) groups is 2. The Morgan fingerprint density at radius 3 is 2.06 bits per heavy atom. The predicted octanol–water partition coefficient (Wildman–Crippen LogP) is 5.66. The highest BCUT2D eigenvalue weighted by atomic mass is 31.2. The molecule has 0 spiro atoms. The molecule has 1 heterocycles. The lowest BCUT2D eigenvalue weighted by Gasteiger charge is -2.39. The number of carbonyl (C=O) groups excluding carboxylic acids is 2. The van der Waals surface area contributed by atoms with Gasteiger partial charge in [0.1, 0.15) is 31.0 Å². The first-order valence-electron chi connectivity index (χ1n) is 24.4. The summed E-state index contributed by atoms with van der Waals surface area (Å²) in [5.41, 5.74) is 0. The summed E-state index contributed by atoms with van der Waals surface area (Å²) in [5.74, 6) is -4.44. The van der Waals surface area contributed by atoms with Crippen molar-refractivity contribution in [2.75, 3.05) is 13.2 Å². The third-order valence-corrected chi connectivity index (χ3v) is 13.5. The first kappa shape index (κ1) is 62.0. The summed E-state index contributed by atoms with van der Waals surface area (Å²) in [5, 5.41) is 79.9. The lowest BCUT2D eigenvalue weighted by atomic mass is 9.82. The number of fused-ring (bicyclic) bond motifs is 4. The van der Waals surface area contributed by atoms with Gasteiger partial charge in [-0.3, -0.25) is 23.2 Å². The van der Waals surface area contributed by atoms with Crippen molar-refractivity contribution in [1.29, 1.82) is 0 Å². The minimum absolute atomic E-state index is 0.0308. The number of rotatable bonds is 22. The van der Waals surface area contributed by atoms with E-state index in [1.165, 1.54) is 25.3 Å². The van der Waals surface area contributed by atoms with Gasteiger partial charge in [0.25, 0.3) is 0 Å². The second kappa shape index (κ2) is 34.2. The fourth-order valence-electron chi connectivity index (χ4n) is 8.06. The quantitative estimate of drug-likeness (QED) is 0.0270. The Morgan fingerprint density at radius 2 is 1.41 bits per heavy atom. The zero-order chi connectivity index (χ0) is 50.5. The SMILES string of the molecule is CCCCC/C=C\C/C=C\C/C=C\CCCCC(=O)O[C@@H]1COC(=O)CCCCCC[C@@H]2[C@@H](O)[C@H](O)[C@@H](O)[C@H](OP(=O)(O)OC1)[C@H](OP(=O)(O)O)[C@H](O)[C@@H](/C=C/[C@@H](O)CCCCC)[C@H](O)C[C@@H]2O. The highest BCUT2D eigenvalue weighted by Crippen LogP contribution is 2.50. The van der Waals surface area contributed by atoms with E-state index in [4.69, 9.17) is 23.0 Å². The Kier molecular flexibility index (Phi) is 31.2. The van der Waals surface area contributed by atoms with Gasteiger partial charge in [-0.25, -0.2) is 9.13 Å². The Hall–Kier alpha value is -2.16. The van der Waals surface area contributed by atoms with Crippen LogP contribution < -0.4 is 0 Å². The summed E-state index contributed by atoms with van der Waals surface area (Å²) in [6.07, 6.45) is 5.36. The maximum atomic E-state index is 13.8. The number of hydrogen-bond donors (Lipinski definition) is 10. The van der Waals surface area contributed by atoms with Gasteiger partial charge >= 0.3 is 27.6 Å². The van der Waals surface area contributed by atoms with Crippen LogP contribution in [0.3, 0.4) is 0 Å². The summed E-state index contributed by atoms with van der Waals surface area (Å²) in [6, 6.07) is 0. The van der Waals surface area contributed by atoms with Crippen molar-refractivity contribution < 1.29 is 92.2 Å². The molecule has 0 radical (unpaired) electrons. The molecule has 0 aromatic carbocycles. The summed E-state index contributed by atoms with van der Waals surface area (Å²) in [7, 11) is -11.4. The van der Waals surface area contributed by atoms with E-state index >= 15 is 0 Å². The van der Waals surface area contributed by atoms with Crippen LogP contribution in [0.5, 0.6) is 0 Å². The van der Waals surface area contributed by atoms with Crippen LogP contribution in [-0.4, -0.2) is 137 Å². The van der Waals surface area contributed by atoms with E-state index in [9.17, 15) is 69.1 Å². The first-order chi connectivity index (χ1) is 32.3. The number of cyclic esters (lactones) is 1. The van der Waals surface area contributed by atoms with Crippen molar-refractivity contribution in [3.8, 4) is 0 Å². The van der Waals surface area contributed by atoms with E-state index < -0.39 is 120 Å². The van der Waals surface area contributed by atoms with E-state index in [1.807, 2.05) is 19.1 Å². The molecule has 2 bridgehead atoms. The minimum atomic E-state index is -5.76. The monoisotopic (exact) mass is 1010 g/mol. The van der Waals surface area contributed by atoms with Gasteiger partial charge in [-0.15, -0.1) is 0 Å². The van der Waals surface area contributed by atoms with Crippen molar-refractivity contribution in [1.82, 2.24) is 0 Å². The number of phosphoric ester groups is 2. The minimum Gasteiger partial charge on any atom is -0.462 e. The normalized spacial score (nSPS) is 32.0. The van der Waals surface area contributed by atoms with Crippen molar-refractivity contribution in [2.45, 2.75) is 210 Å². The second-order valence-electron chi connectivity index (χ2n) is 17.8. The van der Waals surface area contributed by atoms with E-state index in [1.54, 1.807) is 0 Å². The van der Waals surface area contributed by atoms with Crippen molar-refractivity contribution >= 4 is 27.6 Å². The molecule has 1 unspecified atom stereocenters. The number of ether oxygens (including phenoxy) is 2. The molecule has 2 rings (SSSR count). The van der Waals surface area contributed by atoms with E-state index in [0.717, 1.165) is 38.2 Å². The summed E-state index contributed by atoms with van der Waals surface area (Å²) >= 11 is 0. The van der Waals surface area contributed by atoms with Gasteiger partial charge in [-0.2, -0.15) is 0 Å². The smallest absolute Gasteiger partial charge is 0.462 e. The van der Waals surface area contributed by atoms with Crippen molar-refractivity contribution in [3.05, 3.63) is 48.6 Å². The lowest BCUT2D eigenvalue weighted by molar-refractivity contribution is -0.165. The van der Waals surface area contributed by atoms with Crippen LogP contribution in [0.1, 0.15) is 149 Å². The fraction of sp³-hybridized carbons (Fsp3) is 0.787. The van der Waals surface area contributed by atoms with Gasteiger partial charge in [0.2, 0.25) is 0 Å². The van der Waals surface area contributed by atoms with Crippen LogP contribution in [0.15, 0.2) is 48.6 Å². The molecule has 68 heavy (non-hydrogen) atoms. The maximum Gasteiger partial charge on any atom is 0.472 e. The van der Waals surface area contributed by atoms with Crippen molar-refractivity contribution in [2.24, 2.45) is 11.8 Å². The standard InChI is InChI=1S/C47H82O19P2/c1-3-5-7-8-9-10-11-12-13-14-15-16-17-18-24-28-41(52)64-35-32-62-40(51)27-23-20-19-22-26-36-38(49)31-39(50)37(30-29-34(48)25-21-6-4-2)43(54)46(65-67(57,58)59)47(45(56)44(55)42(36)53)66-68(60,61)63-33-35/h9-10,12-13,15-16,29-30,34-39,42-50,53-56H,3-8,11,14,17-28,31-33H2,1-2H3,(H,60,61)(H2,57,58,59)/b10-9-,13-12-,16-15-,30-29+/t34-,35+,36-,37-,38-,39+,42+,43+,44-,45+,46+,47-/m0/s1. The number of phosphoric acid groups is 2. The van der Waals surface area contributed by atoms with Crippen LogP contribution in [0.2, 0.25) is 0 Å². The number of unbranched alkanes of at least 4 members (excludes halogenated alkanes) is 7. The molecule has 1 aliphatic carbocycles. The highest BCUT2D eigenvalue weighted by Gasteiger charge is 2.51. The average Bonchev–Trinajstić information content (AvgIpc) is 3.28.